The summed E-state index contributed by atoms with van der Waals surface area (Å²) in [5.74, 6) is 0.435. The summed E-state index contributed by atoms with van der Waals surface area (Å²) < 4.78 is 18.5. The molecule has 146 valence electrons. The summed E-state index contributed by atoms with van der Waals surface area (Å²) in [5.41, 5.74) is 3.99. The summed E-state index contributed by atoms with van der Waals surface area (Å²) in [6.45, 7) is 4.42. The van der Waals surface area contributed by atoms with Crippen LogP contribution in [0.4, 0.5) is 4.39 Å². The fourth-order valence-electron chi connectivity index (χ4n) is 3.42. The number of benzene rings is 2. The SMILES string of the molecule is Cc1noc(C)c1CCCNC(=O)C[C@H](c1ccccc1)c1ccc(F)cc1. The number of hydrogen-bond acceptors (Lipinski definition) is 3. The van der Waals surface area contributed by atoms with Crippen LogP contribution in [0, 0.1) is 19.7 Å². The van der Waals surface area contributed by atoms with Gasteiger partial charge in [0, 0.05) is 24.4 Å². The molecule has 5 heteroatoms. The molecule has 3 rings (SSSR count). The molecule has 1 heterocycles. The first-order chi connectivity index (χ1) is 13.5. The van der Waals surface area contributed by atoms with E-state index in [4.69, 9.17) is 4.52 Å². The largest absolute Gasteiger partial charge is 0.361 e. The Kier molecular flexibility index (Phi) is 6.58. The normalized spacial score (nSPS) is 12.0. The molecule has 3 aromatic rings. The summed E-state index contributed by atoms with van der Waals surface area (Å²) in [7, 11) is 0. The third-order valence-corrected chi connectivity index (χ3v) is 4.97. The van der Waals surface area contributed by atoms with Gasteiger partial charge in [0.25, 0.3) is 0 Å². The minimum Gasteiger partial charge on any atom is -0.361 e. The van der Waals surface area contributed by atoms with E-state index in [1.165, 1.54) is 12.1 Å². The molecule has 1 atom stereocenters. The van der Waals surface area contributed by atoms with Crippen molar-refractivity contribution in [2.24, 2.45) is 0 Å². The zero-order chi connectivity index (χ0) is 19.9. The third-order valence-electron chi connectivity index (χ3n) is 4.97. The standard InChI is InChI=1S/C23H25FN2O2/c1-16-21(17(2)28-26-16)9-6-14-25-23(27)15-22(18-7-4-3-5-8-18)19-10-12-20(24)13-11-19/h3-5,7-8,10-13,22H,6,9,14-15H2,1-2H3,(H,25,27)/t22-/m1/s1. The molecule has 4 nitrogen and oxygen atoms in total. The Hall–Kier alpha value is -2.95. The van der Waals surface area contributed by atoms with E-state index >= 15 is 0 Å². The summed E-state index contributed by atoms with van der Waals surface area (Å²) in [4.78, 5) is 12.5. The van der Waals surface area contributed by atoms with Crippen molar-refractivity contribution in [1.82, 2.24) is 10.5 Å². The average molecular weight is 380 g/mol. The molecule has 0 radical (unpaired) electrons. The lowest BCUT2D eigenvalue weighted by Gasteiger charge is -2.18. The predicted molar refractivity (Wildman–Crippen MR) is 107 cm³/mol. The fraction of sp³-hybridized carbons (Fsp3) is 0.304. The van der Waals surface area contributed by atoms with Crippen LogP contribution < -0.4 is 5.32 Å². The van der Waals surface area contributed by atoms with Crippen molar-refractivity contribution in [1.29, 1.82) is 0 Å². The number of hydrogen-bond donors (Lipinski definition) is 1. The van der Waals surface area contributed by atoms with Gasteiger partial charge in [-0.3, -0.25) is 4.79 Å². The van der Waals surface area contributed by atoms with Crippen LogP contribution in [0.25, 0.3) is 0 Å². The average Bonchev–Trinajstić information content (AvgIpc) is 3.03. The first kappa shape index (κ1) is 19.8. The van der Waals surface area contributed by atoms with E-state index in [2.05, 4.69) is 10.5 Å². The molecule has 1 amide bonds. The van der Waals surface area contributed by atoms with E-state index in [0.717, 1.165) is 41.0 Å². The molecule has 0 aliphatic heterocycles. The Morgan fingerprint density at radius 2 is 1.75 bits per heavy atom. The second kappa shape index (κ2) is 9.31. The lowest BCUT2D eigenvalue weighted by Crippen LogP contribution is -2.26. The van der Waals surface area contributed by atoms with Crippen molar-refractivity contribution in [2.45, 2.75) is 39.0 Å². The highest BCUT2D eigenvalue weighted by atomic mass is 19.1. The number of aryl methyl sites for hydroxylation is 2. The van der Waals surface area contributed by atoms with Gasteiger partial charge in [-0.15, -0.1) is 0 Å². The maximum absolute atomic E-state index is 13.3. The first-order valence-electron chi connectivity index (χ1n) is 9.53. The first-order valence-corrected chi connectivity index (χ1v) is 9.53. The predicted octanol–water partition coefficient (Wildman–Crippen LogP) is 4.70. The van der Waals surface area contributed by atoms with Gasteiger partial charge in [0.15, 0.2) is 0 Å². The zero-order valence-corrected chi connectivity index (χ0v) is 16.2. The molecule has 28 heavy (non-hydrogen) atoms. The second-order valence-corrected chi connectivity index (χ2v) is 6.98. The van der Waals surface area contributed by atoms with E-state index in [1.54, 1.807) is 12.1 Å². The highest BCUT2D eigenvalue weighted by Crippen LogP contribution is 2.28. The van der Waals surface area contributed by atoms with E-state index in [-0.39, 0.29) is 17.6 Å². The van der Waals surface area contributed by atoms with Gasteiger partial charge >= 0.3 is 0 Å². The van der Waals surface area contributed by atoms with Crippen LogP contribution >= 0.6 is 0 Å². The molecule has 0 aliphatic carbocycles. The molecule has 1 N–H and O–H groups in total. The van der Waals surface area contributed by atoms with Crippen LogP contribution in [-0.4, -0.2) is 17.6 Å². The lowest BCUT2D eigenvalue weighted by atomic mass is 9.88. The highest BCUT2D eigenvalue weighted by Gasteiger charge is 2.18. The van der Waals surface area contributed by atoms with Crippen molar-refractivity contribution in [3.05, 3.63) is 88.6 Å². The van der Waals surface area contributed by atoms with Gasteiger partial charge in [0.05, 0.1) is 5.69 Å². The molecule has 0 unspecified atom stereocenters. The van der Waals surface area contributed by atoms with Crippen LogP contribution in [0.5, 0.6) is 0 Å². The third kappa shape index (κ3) is 5.06. The van der Waals surface area contributed by atoms with Crippen molar-refractivity contribution >= 4 is 5.91 Å². The summed E-state index contributed by atoms with van der Waals surface area (Å²) in [6.07, 6.45) is 1.96. The van der Waals surface area contributed by atoms with Gasteiger partial charge < -0.3 is 9.84 Å². The van der Waals surface area contributed by atoms with E-state index in [1.807, 2.05) is 44.2 Å². The van der Waals surface area contributed by atoms with Crippen LogP contribution in [0.3, 0.4) is 0 Å². The minimum absolute atomic E-state index is 0.0167. The molecule has 0 bridgehead atoms. The number of rotatable bonds is 8. The number of halogens is 1. The minimum atomic E-state index is -0.278. The fourth-order valence-corrected chi connectivity index (χ4v) is 3.42. The number of carbonyl (C=O) groups is 1. The molecule has 1 aromatic heterocycles. The van der Waals surface area contributed by atoms with Crippen LogP contribution in [0.2, 0.25) is 0 Å². The number of nitrogens with zero attached hydrogens (tertiary/aromatic N) is 1. The van der Waals surface area contributed by atoms with Crippen molar-refractivity contribution < 1.29 is 13.7 Å². The maximum atomic E-state index is 13.3. The van der Waals surface area contributed by atoms with Gasteiger partial charge in [-0.1, -0.05) is 47.6 Å². The molecule has 0 saturated carbocycles. The van der Waals surface area contributed by atoms with E-state index in [9.17, 15) is 9.18 Å². The van der Waals surface area contributed by atoms with Gasteiger partial charge in [-0.25, -0.2) is 4.39 Å². The number of carbonyl (C=O) groups excluding carboxylic acids is 1. The Morgan fingerprint density at radius 1 is 1.07 bits per heavy atom. The maximum Gasteiger partial charge on any atom is 0.220 e. The van der Waals surface area contributed by atoms with E-state index < -0.39 is 0 Å². The summed E-state index contributed by atoms with van der Waals surface area (Å²) >= 11 is 0. The molecular weight excluding hydrogens is 355 g/mol. The molecule has 0 spiro atoms. The van der Waals surface area contributed by atoms with Crippen LogP contribution in [0.15, 0.2) is 59.1 Å². The topological polar surface area (TPSA) is 55.1 Å². The molecule has 0 fully saturated rings. The highest BCUT2D eigenvalue weighted by molar-refractivity contribution is 5.77. The van der Waals surface area contributed by atoms with Crippen molar-refractivity contribution in [3.8, 4) is 0 Å². The Balaban J connectivity index is 1.59. The Bertz CT molecular complexity index is 885. The van der Waals surface area contributed by atoms with Crippen molar-refractivity contribution in [3.63, 3.8) is 0 Å². The Morgan fingerprint density at radius 3 is 2.39 bits per heavy atom. The van der Waals surface area contributed by atoms with Crippen LogP contribution in [-0.2, 0) is 11.2 Å². The summed E-state index contributed by atoms with van der Waals surface area (Å²) in [5, 5.41) is 6.96. The molecule has 2 aromatic carbocycles. The number of amides is 1. The van der Waals surface area contributed by atoms with Gasteiger partial charge in [-0.2, -0.15) is 0 Å². The lowest BCUT2D eigenvalue weighted by molar-refractivity contribution is -0.121. The monoisotopic (exact) mass is 380 g/mol. The smallest absolute Gasteiger partial charge is 0.220 e. The second-order valence-electron chi connectivity index (χ2n) is 6.98. The number of aromatic nitrogens is 1. The Labute approximate surface area is 164 Å². The van der Waals surface area contributed by atoms with E-state index in [0.29, 0.717) is 13.0 Å². The zero-order valence-electron chi connectivity index (χ0n) is 16.2. The number of nitrogens with one attached hydrogen (secondary N) is 1. The molecule has 0 saturated heterocycles. The molecule has 0 aliphatic rings. The van der Waals surface area contributed by atoms with Gasteiger partial charge in [0.1, 0.15) is 11.6 Å². The van der Waals surface area contributed by atoms with Gasteiger partial charge in [-0.05, 0) is 49.9 Å². The quantitative estimate of drug-likeness (QED) is 0.576. The summed E-state index contributed by atoms with van der Waals surface area (Å²) in [6, 6.07) is 16.2. The van der Waals surface area contributed by atoms with Crippen LogP contribution in [0.1, 0.15) is 46.9 Å². The molecular formula is C23H25FN2O2. The van der Waals surface area contributed by atoms with Crippen molar-refractivity contribution in [2.75, 3.05) is 6.54 Å². The van der Waals surface area contributed by atoms with Gasteiger partial charge in [0.2, 0.25) is 5.91 Å².